The van der Waals surface area contributed by atoms with Gasteiger partial charge in [-0.3, -0.25) is 10.1 Å². The van der Waals surface area contributed by atoms with Crippen LogP contribution in [0.25, 0.3) is 0 Å². The lowest BCUT2D eigenvalue weighted by molar-refractivity contribution is -0.385. The molecule has 0 radical (unpaired) electrons. The maximum absolute atomic E-state index is 10.9. The van der Waals surface area contributed by atoms with Gasteiger partial charge in [0.2, 0.25) is 0 Å². The number of nitrogens with zero attached hydrogens (tertiary/aromatic N) is 1. The average Bonchev–Trinajstić information content (AvgIpc) is 2.25. The number of hydrogen-bond acceptors (Lipinski definition) is 3. The van der Waals surface area contributed by atoms with Crippen molar-refractivity contribution < 1.29 is 9.66 Å². The van der Waals surface area contributed by atoms with Crippen molar-refractivity contribution in [1.29, 1.82) is 0 Å². The zero-order chi connectivity index (χ0) is 12.8. The summed E-state index contributed by atoms with van der Waals surface area (Å²) in [5.41, 5.74) is 1.61. The molecule has 0 spiro atoms. The molecule has 0 aliphatic heterocycles. The van der Waals surface area contributed by atoms with E-state index in [0.717, 1.165) is 11.1 Å². The normalized spacial score (nSPS) is 10.8. The highest BCUT2D eigenvalue weighted by Gasteiger charge is 2.17. The second-order valence-electron chi connectivity index (χ2n) is 3.62. The Morgan fingerprint density at radius 1 is 1.41 bits per heavy atom. The van der Waals surface area contributed by atoms with Gasteiger partial charge < -0.3 is 4.74 Å². The van der Waals surface area contributed by atoms with E-state index in [0.29, 0.717) is 11.6 Å². The zero-order valence-electron chi connectivity index (χ0n) is 9.77. The number of halogens is 1. The van der Waals surface area contributed by atoms with Crippen molar-refractivity contribution in [3.8, 4) is 5.75 Å². The van der Waals surface area contributed by atoms with E-state index in [4.69, 9.17) is 16.3 Å². The monoisotopic (exact) mass is 255 g/mol. The fourth-order valence-corrected chi connectivity index (χ4v) is 1.64. The van der Waals surface area contributed by atoms with Crippen LogP contribution in [0.3, 0.4) is 0 Å². The van der Waals surface area contributed by atoms with Crippen molar-refractivity contribution in [3.63, 3.8) is 0 Å². The van der Waals surface area contributed by atoms with E-state index in [2.05, 4.69) is 0 Å². The topological polar surface area (TPSA) is 52.4 Å². The summed E-state index contributed by atoms with van der Waals surface area (Å²) in [4.78, 5) is 10.5. The maximum atomic E-state index is 10.9. The van der Waals surface area contributed by atoms with E-state index in [9.17, 15) is 10.1 Å². The van der Waals surface area contributed by atoms with Crippen LogP contribution < -0.4 is 4.74 Å². The molecule has 0 amide bonds. The number of allylic oxidation sites excluding steroid dienone is 1. The van der Waals surface area contributed by atoms with Crippen LogP contribution in [-0.4, -0.2) is 17.4 Å². The van der Waals surface area contributed by atoms with E-state index < -0.39 is 4.92 Å². The zero-order valence-corrected chi connectivity index (χ0v) is 10.5. The first-order chi connectivity index (χ1) is 8.06. The quantitative estimate of drug-likeness (QED) is 0.351. The smallest absolute Gasteiger partial charge is 0.311 e. The van der Waals surface area contributed by atoms with Crippen LogP contribution in [0.15, 0.2) is 24.3 Å². The van der Waals surface area contributed by atoms with E-state index in [1.54, 1.807) is 19.1 Å². The molecule has 1 aromatic carbocycles. The molecule has 0 aliphatic carbocycles. The van der Waals surface area contributed by atoms with Gasteiger partial charge in [-0.05, 0) is 25.0 Å². The molecule has 0 unspecified atom stereocenters. The van der Waals surface area contributed by atoms with Gasteiger partial charge in [0.05, 0.1) is 4.92 Å². The number of nitro groups is 1. The molecule has 0 N–H and O–H groups in total. The Kier molecular flexibility index (Phi) is 4.97. The Hall–Kier alpha value is -1.55. The molecule has 0 aliphatic rings. The molecule has 0 heterocycles. The van der Waals surface area contributed by atoms with Crippen LogP contribution >= 0.6 is 11.6 Å². The third kappa shape index (κ3) is 3.75. The third-order valence-electron chi connectivity index (χ3n) is 2.18. The van der Waals surface area contributed by atoms with E-state index in [1.165, 1.54) is 6.07 Å². The highest BCUT2D eigenvalue weighted by atomic mass is 35.5. The molecule has 17 heavy (non-hydrogen) atoms. The summed E-state index contributed by atoms with van der Waals surface area (Å²) in [5, 5.41) is 10.9. The lowest BCUT2D eigenvalue weighted by Crippen LogP contribution is -2.01. The SMILES string of the molecule is Cc1cc(C)c(OCC=CCCl)c([N+](=O)[O-])c1. The van der Waals surface area contributed by atoms with Gasteiger partial charge in [0, 0.05) is 11.9 Å². The minimum Gasteiger partial charge on any atom is -0.482 e. The van der Waals surface area contributed by atoms with Crippen molar-refractivity contribution in [2.24, 2.45) is 0 Å². The third-order valence-corrected chi connectivity index (χ3v) is 2.35. The Morgan fingerprint density at radius 3 is 2.71 bits per heavy atom. The molecule has 92 valence electrons. The number of nitro benzene ring substituents is 1. The van der Waals surface area contributed by atoms with Crippen LogP contribution in [-0.2, 0) is 0 Å². The number of rotatable bonds is 5. The second-order valence-corrected chi connectivity index (χ2v) is 3.93. The largest absolute Gasteiger partial charge is 0.482 e. The van der Waals surface area contributed by atoms with E-state index >= 15 is 0 Å². The Labute approximate surface area is 105 Å². The van der Waals surface area contributed by atoms with Gasteiger partial charge in [-0.2, -0.15) is 0 Å². The van der Waals surface area contributed by atoms with Crippen LogP contribution in [0.5, 0.6) is 5.75 Å². The first kappa shape index (κ1) is 13.5. The van der Waals surface area contributed by atoms with Gasteiger partial charge in [0.15, 0.2) is 5.75 Å². The predicted molar refractivity (Wildman–Crippen MR) is 67.9 cm³/mol. The Balaban J connectivity index is 2.96. The summed E-state index contributed by atoms with van der Waals surface area (Å²) in [6.45, 7) is 3.88. The fourth-order valence-electron chi connectivity index (χ4n) is 1.52. The predicted octanol–water partition coefficient (Wildman–Crippen LogP) is 3.39. The molecule has 1 aromatic rings. The van der Waals surface area contributed by atoms with Gasteiger partial charge in [0.1, 0.15) is 6.61 Å². The Morgan fingerprint density at radius 2 is 2.12 bits per heavy atom. The summed E-state index contributed by atoms with van der Waals surface area (Å²) >= 11 is 5.47. The molecule has 0 saturated heterocycles. The molecule has 0 saturated carbocycles. The maximum Gasteiger partial charge on any atom is 0.311 e. The van der Waals surface area contributed by atoms with Crippen LogP contribution in [0.4, 0.5) is 5.69 Å². The second kappa shape index (κ2) is 6.25. The first-order valence-electron chi connectivity index (χ1n) is 5.15. The van der Waals surface area contributed by atoms with Gasteiger partial charge in [0.25, 0.3) is 0 Å². The van der Waals surface area contributed by atoms with Crippen molar-refractivity contribution >= 4 is 17.3 Å². The molecule has 4 nitrogen and oxygen atoms in total. The molecule has 0 aromatic heterocycles. The summed E-state index contributed by atoms with van der Waals surface area (Å²) in [6, 6.07) is 3.36. The summed E-state index contributed by atoms with van der Waals surface area (Å²) in [7, 11) is 0. The number of hydrogen-bond donors (Lipinski definition) is 0. The van der Waals surface area contributed by atoms with Crippen molar-refractivity contribution in [1.82, 2.24) is 0 Å². The van der Waals surface area contributed by atoms with E-state index in [-0.39, 0.29) is 12.3 Å². The summed E-state index contributed by atoms with van der Waals surface area (Å²) in [6.07, 6.45) is 3.47. The molecule has 0 bridgehead atoms. The number of alkyl halides is 1. The number of benzene rings is 1. The van der Waals surface area contributed by atoms with Gasteiger partial charge in [-0.25, -0.2) is 0 Å². The van der Waals surface area contributed by atoms with E-state index in [1.807, 2.05) is 13.0 Å². The van der Waals surface area contributed by atoms with Crippen LogP contribution in [0, 0.1) is 24.0 Å². The summed E-state index contributed by atoms with van der Waals surface area (Å²) in [5.74, 6) is 0.720. The molecule has 0 fully saturated rings. The lowest BCUT2D eigenvalue weighted by Gasteiger charge is -2.08. The summed E-state index contributed by atoms with van der Waals surface area (Å²) < 4.78 is 5.40. The van der Waals surface area contributed by atoms with Crippen LogP contribution in [0.1, 0.15) is 11.1 Å². The van der Waals surface area contributed by atoms with Crippen molar-refractivity contribution in [3.05, 3.63) is 45.5 Å². The molecular weight excluding hydrogens is 242 g/mol. The standard InChI is InChI=1S/C12H14ClNO3/c1-9-7-10(2)12(11(8-9)14(15)16)17-6-4-3-5-13/h3-4,7-8H,5-6H2,1-2H3. The van der Waals surface area contributed by atoms with Gasteiger partial charge >= 0.3 is 5.69 Å². The molecule has 5 heteroatoms. The number of aryl methyl sites for hydroxylation is 2. The molecule has 0 atom stereocenters. The van der Waals surface area contributed by atoms with Crippen molar-refractivity contribution in [2.45, 2.75) is 13.8 Å². The lowest BCUT2D eigenvalue weighted by atomic mass is 10.1. The first-order valence-corrected chi connectivity index (χ1v) is 5.69. The molecular formula is C12H14ClNO3. The van der Waals surface area contributed by atoms with Gasteiger partial charge in [-0.1, -0.05) is 18.2 Å². The minimum absolute atomic E-state index is 0.00164. The molecule has 1 rings (SSSR count). The van der Waals surface area contributed by atoms with Crippen LogP contribution in [0.2, 0.25) is 0 Å². The highest BCUT2D eigenvalue weighted by molar-refractivity contribution is 6.18. The minimum atomic E-state index is -0.430. The fraction of sp³-hybridized carbons (Fsp3) is 0.333. The number of ether oxygens (including phenoxy) is 1. The van der Waals surface area contributed by atoms with Crippen molar-refractivity contribution in [2.75, 3.05) is 12.5 Å². The highest BCUT2D eigenvalue weighted by Crippen LogP contribution is 2.31. The Bertz CT molecular complexity index is 444. The van der Waals surface area contributed by atoms with Gasteiger partial charge in [-0.15, -0.1) is 11.6 Å². The average molecular weight is 256 g/mol.